The van der Waals surface area contributed by atoms with Crippen molar-refractivity contribution in [3.63, 3.8) is 0 Å². The summed E-state index contributed by atoms with van der Waals surface area (Å²) < 4.78 is 1.86. The number of nitrogens with zero attached hydrogens (tertiary/aromatic N) is 2. The molecule has 1 aromatic rings. The van der Waals surface area contributed by atoms with Gasteiger partial charge in [0.05, 0.1) is 5.56 Å². The minimum atomic E-state index is -0.156. The van der Waals surface area contributed by atoms with Gasteiger partial charge in [-0.2, -0.15) is 0 Å². The highest BCUT2D eigenvalue weighted by atomic mass is 16.2. The molecule has 0 saturated heterocycles. The lowest BCUT2D eigenvalue weighted by Gasteiger charge is -2.12. The van der Waals surface area contributed by atoms with Crippen LogP contribution in [0.15, 0.2) is 12.3 Å². The van der Waals surface area contributed by atoms with E-state index in [1.165, 1.54) is 0 Å². The lowest BCUT2D eigenvalue weighted by atomic mass is 10.3. The van der Waals surface area contributed by atoms with Crippen LogP contribution in [-0.2, 0) is 6.54 Å². The number of hydrogen-bond donors (Lipinski definition) is 1. The topological polar surface area (TPSA) is 54.3 Å². The van der Waals surface area contributed by atoms with Gasteiger partial charge in [0.1, 0.15) is 5.69 Å². The average Bonchev–Trinajstić information content (AvgIpc) is 2.66. The maximum Gasteiger partial charge on any atom is 0.270 e. The maximum absolute atomic E-state index is 11.9. The minimum Gasteiger partial charge on any atom is -0.355 e. The minimum absolute atomic E-state index is 0.0207. The lowest BCUT2D eigenvalue weighted by molar-refractivity contribution is 0.0796. The zero-order valence-corrected chi connectivity index (χ0v) is 9.49. The van der Waals surface area contributed by atoms with Crippen molar-refractivity contribution >= 4 is 11.8 Å². The van der Waals surface area contributed by atoms with Crippen LogP contribution in [0.1, 0.15) is 27.3 Å². The number of aromatic nitrogens is 1. The van der Waals surface area contributed by atoms with Crippen LogP contribution in [0.25, 0.3) is 0 Å². The van der Waals surface area contributed by atoms with Gasteiger partial charge in [0.25, 0.3) is 11.8 Å². The van der Waals surface area contributed by atoms with Crippen molar-refractivity contribution in [3.8, 4) is 0 Å². The maximum atomic E-state index is 11.9. The van der Waals surface area contributed by atoms with Crippen LogP contribution in [-0.4, -0.2) is 41.9 Å². The Bertz CT molecular complexity index is 436. The molecule has 1 aliphatic heterocycles. The number of amides is 2. The molecule has 5 nitrogen and oxygen atoms in total. The number of rotatable bonds is 1. The molecule has 0 aliphatic carbocycles. The fourth-order valence-corrected chi connectivity index (χ4v) is 1.92. The van der Waals surface area contributed by atoms with E-state index in [1.807, 2.05) is 4.57 Å². The van der Waals surface area contributed by atoms with Crippen LogP contribution in [0.4, 0.5) is 0 Å². The molecule has 1 aliphatic rings. The quantitative estimate of drug-likeness (QED) is 0.742. The number of aryl methyl sites for hydroxylation is 1. The molecule has 86 valence electrons. The molecule has 0 fully saturated rings. The Morgan fingerprint density at radius 1 is 1.44 bits per heavy atom. The van der Waals surface area contributed by atoms with Crippen LogP contribution in [0.5, 0.6) is 0 Å². The number of hydrogen-bond acceptors (Lipinski definition) is 2. The molecule has 0 saturated carbocycles. The monoisotopic (exact) mass is 221 g/mol. The van der Waals surface area contributed by atoms with E-state index < -0.39 is 0 Å². The second-order valence-corrected chi connectivity index (χ2v) is 3.97. The molecular weight excluding hydrogens is 206 g/mol. The van der Waals surface area contributed by atoms with Crippen LogP contribution < -0.4 is 5.32 Å². The van der Waals surface area contributed by atoms with Crippen molar-refractivity contribution in [2.24, 2.45) is 0 Å². The summed E-state index contributed by atoms with van der Waals surface area (Å²) in [6.45, 7) is 1.54. The van der Waals surface area contributed by atoms with Gasteiger partial charge < -0.3 is 14.8 Å². The van der Waals surface area contributed by atoms with E-state index in [1.54, 1.807) is 31.3 Å². The molecule has 5 heteroatoms. The molecule has 2 amide bonds. The summed E-state index contributed by atoms with van der Waals surface area (Å²) in [5.74, 6) is -0.177. The second-order valence-electron chi connectivity index (χ2n) is 3.97. The smallest absolute Gasteiger partial charge is 0.270 e. The molecule has 0 aromatic carbocycles. The van der Waals surface area contributed by atoms with Crippen LogP contribution >= 0.6 is 0 Å². The molecule has 1 aromatic heterocycles. The largest absolute Gasteiger partial charge is 0.355 e. The van der Waals surface area contributed by atoms with Crippen molar-refractivity contribution in [1.82, 2.24) is 14.8 Å². The zero-order chi connectivity index (χ0) is 11.7. The summed E-state index contributed by atoms with van der Waals surface area (Å²) >= 11 is 0. The zero-order valence-electron chi connectivity index (χ0n) is 9.49. The molecule has 1 N–H and O–H groups in total. The SMILES string of the molecule is CNC(=O)c1cc2n(c1)CCCN(C)C2=O. The number of fused-ring (bicyclic) bond motifs is 1. The molecule has 0 bridgehead atoms. The Hall–Kier alpha value is -1.78. The molecular formula is C11H15N3O2. The molecule has 0 unspecified atom stereocenters. The Balaban J connectivity index is 2.39. The second kappa shape index (κ2) is 4.00. The third kappa shape index (κ3) is 1.68. The first-order valence-electron chi connectivity index (χ1n) is 5.31. The van der Waals surface area contributed by atoms with Gasteiger partial charge >= 0.3 is 0 Å². The Morgan fingerprint density at radius 3 is 2.88 bits per heavy atom. The standard InChI is InChI=1S/C11H15N3O2/c1-12-10(15)8-6-9-11(16)13(2)4-3-5-14(9)7-8/h6-7H,3-5H2,1-2H3,(H,12,15). The summed E-state index contributed by atoms with van der Waals surface area (Å²) in [7, 11) is 3.36. The van der Waals surface area contributed by atoms with Crippen molar-refractivity contribution < 1.29 is 9.59 Å². The summed E-state index contributed by atoms with van der Waals surface area (Å²) in [5.41, 5.74) is 1.14. The van der Waals surface area contributed by atoms with Crippen LogP contribution in [0.3, 0.4) is 0 Å². The third-order valence-corrected chi connectivity index (χ3v) is 2.84. The fourth-order valence-electron chi connectivity index (χ4n) is 1.92. The molecule has 2 heterocycles. The van der Waals surface area contributed by atoms with E-state index in [9.17, 15) is 9.59 Å². The first-order chi connectivity index (χ1) is 7.63. The summed E-state index contributed by atoms with van der Waals surface area (Å²) in [4.78, 5) is 25.1. The summed E-state index contributed by atoms with van der Waals surface area (Å²) in [6, 6.07) is 1.66. The highest BCUT2D eigenvalue weighted by molar-refractivity contribution is 5.99. The first kappa shape index (κ1) is 10.7. The third-order valence-electron chi connectivity index (χ3n) is 2.84. The Labute approximate surface area is 94.0 Å². The van der Waals surface area contributed by atoms with Crippen molar-refractivity contribution in [3.05, 3.63) is 23.5 Å². The molecule has 0 atom stereocenters. The van der Waals surface area contributed by atoms with Gasteiger partial charge in [-0.25, -0.2) is 0 Å². The predicted molar refractivity (Wildman–Crippen MR) is 59.4 cm³/mol. The van der Waals surface area contributed by atoms with Crippen LogP contribution in [0, 0.1) is 0 Å². The molecule has 2 rings (SSSR count). The van der Waals surface area contributed by atoms with Gasteiger partial charge in [-0.05, 0) is 12.5 Å². The number of nitrogens with one attached hydrogen (secondary N) is 1. The van der Waals surface area contributed by atoms with E-state index in [0.29, 0.717) is 11.3 Å². The molecule has 0 spiro atoms. The van der Waals surface area contributed by atoms with Gasteiger partial charge in [-0.15, -0.1) is 0 Å². The fraction of sp³-hybridized carbons (Fsp3) is 0.455. The van der Waals surface area contributed by atoms with E-state index in [4.69, 9.17) is 0 Å². The average molecular weight is 221 g/mol. The highest BCUT2D eigenvalue weighted by Crippen LogP contribution is 2.15. The van der Waals surface area contributed by atoms with Crippen LogP contribution in [0.2, 0.25) is 0 Å². The Kier molecular flexibility index (Phi) is 2.68. The first-order valence-corrected chi connectivity index (χ1v) is 5.31. The van der Waals surface area contributed by atoms with Crippen molar-refractivity contribution in [1.29, 1.82) is 0 Å². The van der Waals surface area contributed by atoms with E-state index in [-0.39, 0.29) is 11.8 Å². The number of carbonyl (C=O) groups excluding carboxylic acids is 2. The van der Waals surface area contributed by atoms with Gasteiger partial charge in [-0.1, -0.05) is 0 Å². The van der Waals surface area contributed by atoms with Crippen molar-refractivity contribution in [2.45, 2.75) is 13.0 Å². The normalized spacial score (nSPS) is 15.6. The van der Waals surface area contributed by atoms with E-state index >= 15 is 0 Å². The highest BCUT2D eigenvalue weighted by Gasteiger charge is 2.22. The van der Waals surface area contributed by atoms with Crippen molar-refractivity contribution in [2.75, 3.05) is 20.6 Å². The Morgan fingerprint density at radius 2 is 2.19 bits per heavy atom. The van der Waals surface area contributed by atoms with Gasteiger partial charge in [0.15, 0.2) is 0 Å². The molecule has 0 radical (unpaired) electrons. The van der Waals surface area contributed by atoms with Gasteiger partial charge in [-0.3, -0.25) is 9.59 Å². The molecule has 16 heavy (non-hydrogen) atoms. The summed E-state index contributed by atoms with van der Waals surface area (Å²) in [6.07, 6.45) is 2.66. The summed E-state index contributed by atoms with van der Waals surface area (Å²) in [5, 5.41) is 2.55. The predicted octanol–water partition coefficient (Wildman–Crippen LogP) is 0.323. The van der Waals surface area contributed by atoms with Gasteiger partial charge in [0.2, 0.25) is 0 Å². The lowest BCUT2D eigenvalue weighted by Crippen LogP contribution is -2.26. The van der Waals surface area contributed by atoms with Gasteiger partial charge in [0, 0.05) is 33.4 Å². The number of carbonyl (C=O) groups is 2. The van der Waals surface area contributed by atoms with E-state index in [2.05, 4.69) is 5.32 Å². The van der Waals surface area contributed by atoms with E-state index in [0.717, 1.165) is 19.5 Å².